The minimum Gasteiger partial charge on any atom is -0.325 e. The Kier molecular flexibility index (Phi) is 6.39. The van der Waals surface area contributed by atoms with E-state index in [4.69, 9.17) is 11.6 Å². The van der Waals surface area contributed by atoms with Crippen LogP contribution in [0.25, 0.3) is 0 Å². The van der Waals surface area contributed by atoms with E-state index in [0.717, 1.165) is 45.0 Å². The van der Waals surface area contributed by atoms with Crippen molar-refractivity contribution in [3.8, 4) is 0 Å². The van der Waals surface area contributed by atoms with Crippen LogP contribution in [-0.2, 0) is 11.3 Å². The summed E-state index contributed by atoms with van der Waals surface area (Å²) in [4.78, 5) is 21.2. The molecule has 1 aromatic heterocycles. The highest BCUT2D eigenvalue weighted by atomic mass is 35.5. The number of para-hydroxylation sites is 1. The molecule has 3 rings (SSSR count). The van der Waals surface area contributed by atoms with Gasteiger partial charge in [0.05, 0.1) is 16.4 Å². The second-order valence-electron chi connectivity index (χ2n) is 6.22. The van der Waals surface area contributed by atoms with Crippen molar-refractivity contribution >= 4 is 23.2 Å². The number of halogens is 1. The van der Waals surface area contributed by atoms with E-state index in [1.54, 1.807) is 6.07 Å². The molecule has 2 heterocycles. The predicted octanol–water partition coefficient (Wildman–Crippen LogP) is 2.88. The molecule has 1 aliphatic rings. The maximum absolute atomic E-state index is 12.1. The SMILES string of the molecule is O=C(CCN1CCN(Cc2ccccn2)CC1)Nc1ccccc1Cl. The van der Waals surface area contributed by atoms with Gasteiger partial charge in [0.1, 0.15) is 0 Å². The van der Waals surface area contributed by atoms with Crippen LogP contribution in [-0.4, -0.2) is 53.4 Å². The number of piperazine rings is 1. The number of benzene rings is 1. The van der Waals surface area contributed by atoms with Gasteiger partial charge in [-0.3, -0.25) is 14.7 Å². The number of amides is 1. The van der Waals surface area contributed by atoms with Gasteiger partial charge >= 0.3 is 0 Å². The second-order valence-corrected chi connectivity index (χ2v) is 6.62. The van der Waals surface area contributed by atoms with Crippen LogP contribution in [0, 0.1) is 0 Å². The van der Waals surface area contributed by atoms with E-state index in [1.807, 2.05) is 36.5 Å². The smallest absolute Gasteiger partial charge is 0.225 e. The van der Waals surface area contributed by atoms with Crippen molar-refractivity contribution in [1.29, 1.82) is 0 Å². The van der Waals surface area contributed by atoms with Crippen LogP contribution in [0.2, 0.25) is 5.02 Å². The minimum absolute atomic E-state index is 0.00372. The maximum Gasteiger partial charge on any atom is 0.225 e. The Hall–Kier alpha value is -1.95. The van der Waals surface area contributed by atoms with Gasteiger partial charge in [-0.05, 0) is 24.3 Å². The van der Waals surface area contributed by atoms with Gasteiger partial charge in [-0.1, -0.05) is 29.8 Å². The van der Waals surface area contributed by atoms with Crippen LogP contribution in [0.15, 0.2) is 48.7 Å². The number of carbonyl (C=O) groups excluding carboxylic acids is 1. The Labute approximate surface area is 153 Å². The van der Waals surface area contributed by atoms with Crippen molar-refractivity contribution in [1.82, 2.24) is 14.8 Å². The first-order valence-corrected chi connectivity index (χ1v) is 8.97. The molecule has 0 radical (unpaired) electrons. The Balaban J connectivity index is 1.38. The molecule has 1 N–H and O–H groups in total. The summed E-state index contributed by atoms with van der Waals surface area (Å²) in [7, 11) is 0. The lowest BCUT2D eigenvalue weighted by Crippen LogP contribution is -2.46. The fraction of sp³-hybridized carbons (Fsp3) is 0.368. The predicted molar refractivity (Wildman–Crippen MR) is 101 cm³/mol. The van der Waals surface area contributed by atoms with Crippen molar-refractivity contribution in [2.75, 3.05) is 38.0 Å². The number of pyridine rings is 1. The van der Waals surface area contributed by atoms with Gasteiger partial charge < -0.3 is 10.2 Å². The van der Waals surface area contributed by atoms with E-state index in [2.05, 4.69) is 26.2 Å². The highest BCUT2D eigenvalue weighted by Crippen LogP contribution is 2.20. The molecule has 1 saturated heterocycles. The molecule has 132 valence electrons. The third-order valence-electron chi connectivity index (χ3n) is 4.38. The lowest BCUT2D eigenvalue weighted by atomic mass is 10.2. The zero-order valence-corrected chi connectivity index (χ0v) is 15.0. The molecule has 0 bridgehead atoms. The molecule has 0 atom stereocenters. The summed E-state index contributed by atoms with van der Waals surface area (Å²) in [6, 6.07) is 13.3. The average molecular weight is 359 g/mol. The van der Waals surface area contributed by atoms with Gasteiger partial charge in [0.25, 0.3) is 0 Å². The third kappa shape index (κ3) is 5.53. The van der Waals surface area contributed by atoms with Gasteiger partial charge in [-0.25, -0.2) is 0 Å². The van der Waals surface area contributed by atoms with Gasteiger partial charge in [0.2, 0.25) is 5.91 Å². The number of aromatic nitrogens is 1. The molecule has 0 unspecified atom stereocenters. The Bertz CT molecular complexity index is 687. The summed E-state index contributed by atoms with van der Waals surface area (Å²) in [6.07, 6.45) is 2.31. The van der Waals surface area contributed by atoms with Crippen LogP contribution < -0.4 is 5.32 Å². The van der Waals surface area contributed by atoms with Crippen LogP contribution in [0.1, 0.15) is 12.1 Å². The third-order valence-corrected chi connectivity index (χ3v) is 4.71. The van der Waals surface area contributed by atoms with E-state index >= 15 is 0 Å². The molecule has 1 aliphatic heterocycles. The molecular weight excluding hydrogens is 336 g/mol. The number of hydrogen-bond acceptors (Lipinski definition) is 4. The van der Waals surface area contributed by atoms with E-state index in [9.17, 15) is 4.79 Å². The van der Waals surface area contributed by atoms with Gasteiger partial charge in [-0.15, -0.1) is 0 Å². The first-order valence-electron chi connectivity index (χ1n) is 8.60. The fourth-order valence-corrected chi connectivity index (χ4v) is 3.11. The molecule has 5 nitrogen and oxygen atoms in total. The van der Waals surface area contributed by atoms with E-state index in [-0.39, 0.29) is 5.91 Å². The largest absolute Gasteiger partial charge is 0.325 e. The lowest BCUT2D eigenvalue weighted by Gasteiger charge is -2.34. The highest BCUT2D eigenvalue weighted by Gasteiger charge is 2.18. The van der Waals surface area contributed by atoms with E-state index in [0.29, 0.717) is 17.1 Å². The van der Waals surface area contributed by atoms with E-state index in [1.165, 1.54) is 0 Å². The van der Waals surface area contributed by atoms with Gasteiger partial charge in [0, 0.05) is 51.9 Å². The topological polar surface area (TPSA) is 48.5 Å². The quantitative estimate of drug-likeness (QED) is 0.862. The molecule has 1 amide bonds. The second kappa shape index (κ2) is 8.94. The maximum atomic E-state index is 12.1. The molecule has 0 aliphatic carbocycles. The van der Waals surface area contributed by atoms with Crippen LogP contribution in [0.3, 0.4) is 0 Å². The van der Waals surface area contributed by atoms with Crippen molar-refractivity contribution < 1.29 is 4.79 Å². The number of carbonyl (C=O) groups is 1. The molecule has 0 spiro atoms. The number of anilines is 1. The highest BCUT2D eigenvalue weighted by molar-refractivity contribution is 6.33. The summed E-state index contributed by atoms with van der Waals surface area (Å²) in [6.45, 7) is 5.62. The van der Waals surface area contributed by atoms with Crippen molar-refractivity contribution in [3.63, 3.8) is 0 Å². The zero-order chi connectivity index (χ0) is 17.5. The van der Waals surface area contributed by atoms with Crippen LogP contribution in [0.5, 0.6) is 0 Å². The van der Waals surface area contributed by atoms with E-state index < -0.39 is 0 Å². The molecular formula is C19H23ClN4O. The number of nitrogens with zero attached hydrogens (tertiary/aromatic N) is 3. The summed E-state index contributed by atoms with van der Waals surface area (Å²) in [5.41, 5.74) is 1.78. The molecule has 2 aromatic rings. The first kappa shape index (κ1) is 17.9. The van der Waals surface area contributed by atoms with Crippen molar-refractivity contribution in [2.45, 2.75) is 13.0 Å². The van der Waals surface area contributed by atoms with Gasteiger partial charge in [0.15, 0.2) is 0 Å². The average Bonchev–Trinajstić information content (AvgIpc) is 2.64. The van der Waals surface area contributed by atoms with Gasteiger partial charge in [-0.2, -0.15) is 0 Å². The number of nitrogens with one attached hydrogen (secondary N) is 1. The Morgan fingerprint density at radius 3 is 2.48 bits per heavy atom. The molecule has 25 heavy (non-hydrogen) atoms. The molecule has 0 saturated carbocycles. The zero-order valence-electron chi connectivity index (χ0n) is 14.2. The summed E-state index contributed by atoms with van der Waals surface area (Å²) in [5, 5.41) is 3.44. The molecule has 1 fully saturated rings. The summed E-state index contributed by atoms with van der Waals surface area (Å²) >= 11 is 6.06. The Morgan fingerprint density at radius 2 is 1.76 bits per heavy atom. The molecule has 1 aromatic carbocycles. The minimum atomic E-state index is 0.00372. The lowest BCUT2D eigenvalue weighted by molar-refractivity contribution is -0.116. The monoisotopic (exact) mass is 358 g/mol. The first-order chi connectivity index (χ1) is 12.2. The molecule has 6 heteroatoms. The van der Waals surface area contributed by atoms with Crippen LogP contribution >= 0.6 is 11.6 Å². The normalized spacial score (nSPS) is 15.9. The fourth-order valence-electron chi connectivity index (χ4n) is 2.93. The number of hydrogen-bond donors (Lipinski definition) is 1. The van der Waals surface area contributed by atoms with Crippen LogP contribution in [0.4, 0.5) is 5.69 Å². The Morgan fingerprint density at radius 1 is 1.04 bits per heavy atom. The van der Waals surface area contributed by atoms with Crippen molar-refractivity contribution in [3.05, 3.63) is 59.4 Å². The number of rotatable bonds is 6. The summed E-state index contributed by atoms with van der Waals surface area (Å²) < 4.78 is 0. The standard InChI is InChI=1S/C19H23ClN4O/c20-17-6-1-2-7-18(17)22-19(25)8-10-23-11-13-24(14-12-23)15-16-5-3-4-9-21-16/h1-7,9H,8,10-15H2,(H,22,25). The summed E-state index contributed by atoms with van der Waals surface area (Å²) in [5.74, 6) is 0.00372. The van der Waals surface area contributed by atoms with Crippen molar-refractivity contribution in [2.24, 2.45) is 0 Å².